The van der Waals surface area contributed by atoms with E-state index >= 15 is 0 Å². The Morgan fingerprint density at radius 1 is 1.08 bits per heavy atom. The number of carbonyl (C=O) groups is 1. The van der Waals surface area contributed by atoms with Crippen molar-refractivity contribution in [1.82, 2.24) is 4.31 Å². The lowest BCUT2D eigenvalue weighted by atomic mass is 10.2. The van der Waals surface area contributed by atoms with Crippen LogP contribution in [-0.4, -0.2) is 51.5 Å². The molecule has 3 rings (SSSR count). The van der Waals surface area contributed by atoms with Crippen LogP contribution in [0.2, 0.25) is 0 Å². The number of esters is 1. The van der Waals surface area contributed by atoms with Crippen LogP contribution < -0.4 is 9.88 Å². The zero-order valence-electron chi connectivity index (χ0n) is 14.6. The molecule has 1 saturated heterocycles. The van der Waals surface area contributed by atoms with E-state index in [-0.39, 0.29) is 11.5 Å². The van der Waals surface area contributed by atoms with Crippen LogP contribution in [-0.2, 0) is 14.8 Å². The van der Waals surface area contributed by atoms with Gasteiger partial charge in [0.25, 0.3) is 5.82 Å². The maximum atomic E-state index is 12.8. The Bertz CT molecular complexity index is 846. The van der Waals surface area contributed by atoms with Gasteiger partial charge in [-0.2, -0.15) is 4.31 Å². The van der Waals surface area contributed by atoms with Gasteiger partial charge >= 0.3 is 5.97 Å². The van der Waals surface area contributed by atoms with Gasteiger partial charge in [0.2, 0.25) is 10.0 Å². The number of hydrogen-bond acceptors (Lipinski definition) is 5. The van der Waals surface area contributed by atoms with Crippen LogP contribution >= 0.6 is 0 Å². The molecule has 0 amide bonds. The number of aromatic nitrogens is 1. The summed E-state index contributed by atoms with van der Waals surface area (Å²) in [6, 6.07) is 11.7. The Morgan fingerprint density at radius 2 is 1.77 bits per heavy atom. The van der Waals surface area contributed by atoms with Gasteiger partial charge in [0.05, 0.1) is 49.4 Å². The van der Waals surface area contributed by atoms with Gasteiger partial charge in [-0.05, 0) is 37.3 Å². The summed E-state index contributed by atoms with van der Waals surface area (Å²) >= 11 is 0. The number of nitrogens with zero attached hydrogens (tertiary/aromatic N) is 2. The molecule has 1 aliphatic heterocycles. The predicted molar refractivity (Wildman–Crippen MR) is 96.4 cm³/mol. The Hall–Kier alpha value is -2.45. The van der Waals surface area contributed by atoms with Crippen molar-refractivity contribution >= 4 is 21.8 Å². The lowest BCUT2D eigenvalue weighted by molar-refractivity contribution is -0.364. The summed E-state index contributed by atoms with van der Waals surface area (Å²) in [5.41, 5.74) is 0.343. The van der Waals surface area contributed by atoms with Gasteiger partial charge in [-0.25, -0.2) is 18.2 Å². The van der Waals surface area contributed by atoms with Gasteiger partial charge in [0.1, 0.15) is 0 Å². The van der Waals surface area contributed by atoms with E-state index in [1.807, 2.05) is 24.4 Å². The number of benzene rings is 1. The molecular formula is C18H22N3O4S+. The Morgan fingerprint density at radius 3 is 2.35 bits per heavy atom. The maximum absolute atomic E-state index is 12.8. The van der Waals surface area contributed by atoms with Gasteiger partial charge in [-0.1, -0.05) is 6.07 Å². The van der Waals surface area contributed by atoms with Gasteiger partial charge in [0, 0.05) is 6.07 Å². The van der Waals surface area contributed by atoms with E-state index in [1.165, 1.54) is 28.6 Å². The number of sulfonamides is 1. The second-order valence-corrected chi connectivity index (χ2v) is 7.82. The molecule has 0 spiro atoms. The number of nitrogens with one attached hydrogen (secondary N) is 1. The summed E-state index contributed by atoms with van der Waals surface area (Å²) in [6.45, 7) is 4.04. The summed E-state index contributed by atoms with van der Waals surface area (Å²) in [5.74, 6) is 0.521. The number of rotatable bonds is 5. The van der Waals surface area contributed by atoms with Crippen LogP contribution in [0.1, 0.15) is 17.3 Å². The summed E-state index contributed by atoms with van der Waals surface area (Å²) in [6.07, 6.45) is 1.85. The zero-order valence-corrected chi connectivity index (χ0v) is 15.4. The standard InChI is InChI=1S/C18H21N3O4S/c1-2-25-18(22)15-6-8-16(9-7-15)26(23,24)21-13-11-20(12-14-21)17-5-3-4-10-19-17/h3-10H,2,11-14H2,1H3/p+1. The highest BCUT2D eigenvalue weighted by atomic mass is 32.2. The average molecular weight is 376 g/mol. The number of carbonyl (C=O) groups excluding carboxylic acids is 1. The largest absolute Gasteiger partial charge is 0.462 e. The number of anilines is 1. The van der Waals surface area contributed by atoms with Gasteiger partial charge < -0.3 is 4.74 Å². The molecule has 7 nitrogen and oxygen atoms in total. The number of aromatic amines is 1. The molecule has 0 radical (unpaired) electrons. The van der Waals surface area contributed by atoms with Crippen molar-refractivity contribution in [3.63, 3.8) is 0 Å². The molecule has 1 fully saturated rings. The molecule has 1 aromatic carbocycles. The predicted octanol–water partition coefficient (Wildman–Crippen LogP) is 1.19. The first-order valence-corrected chi connectivity index (χ1v) is 9.95. The van der Waals surface area contributed by atoms with E-state index in [4.69, 9.17) is 4.74 Å². The summed E-state index contributed by atoms with van der Waals surface area (Å²) in [4.78, 5) is 17.2. The summed E-state index contributed by atoms with van der Waals surface area (Å²) in [5, 5.41) is 0. The number of ether oxygens (including phenoxy) is 1. The molecule has 8 heteroatoms. The van der Waals surface area contributed by atoms with Gasteiger partial charge in [0.15, 0.2) is 0 Å². The van der Waals surface area contributed by atoms with E-state index in [9.17, 15) is 13.2 Å². The first-order valence-electron chi connectivity index (χ1n) is 8.51. The molecule has 1 aliphatic rings. The van der Waals surface area contributed by atoms with Gasteiger partial charge in [-0.15, -0.1) is 0 Å². The lowest BCUT2D eigenvalue weighted by Gasteiger charge is -2.30. The third-order valence-corrected chi connectivity index (χ3v) is 6.19. The first-order chi connectivity index (χ1) is 12.5. The highest BCUT2D eigenvalue weighted by Crippen LogP contribution is 2.20. The Kier molecular flexibility index (Phi) is 5.53. The van der Waals surface area contributed by atoms with Crippen molar-refractivity contribution in [2.24, 2.45) is 0 Å². The lowest BCUT2D eigenvalue weighted by Crippen LogP contribution is -2.49. The average Bonchev–Trinajstić information content (AvgIpc) is 2.69. The first kappa shape index (κ1) is 18.3. The number of hydrogen-bond donors (Lipinski definition) is 0. The topological polar surface area (TPSA) is 81.1 Å². The fraction of sp³-hybridized carbons (Fsp3) is 0.333. The normalized spacial score (nSPS) is 15.7. The molecule has 2 aromatic rings. The molecule has 138 valence electrons. The fourth-order valence-electron chi connectivity index (χ4n) is 2.88. The van der Waals surface area contributed by atoms with Gasteiger partial charge in [-0.3, -0.25) is 4.90 Å². The SMILES string of the molecule is CCOC(=O)c1ccc(S(=O)(=O)N2CCN(c3cccc[nH+]3)CC2)cc1. The molecular weight excluding hydrogens is 354 g/mol. The maximum Gasteiger partial charge on any atom is 0.338 e. The van der Waals surface area contributed by atoms with Crippen molar-refractivity contribution < 1.29 is 22.9 Å². The van der Waals surface area contributed by atoms with Crippen LogP contribution in [0, 0.1) is 0 Å². The van der Waals surface area contributed by atoms with Crippen LogP contribution in [0.5, 0.6) is 0 Å². The second kappa shape index (κ2) is 7.84. The quantitative estimate of drug-likeness (QED) is 0.732. The van der Waals surface area contributed by atoms with E-state index in [1.54, 1.807) is 6.92 Å². The van der Waals surface area contributed by atoms with Crippen LogP contribution in [0.3, 0.4) is 0 Å². The van der Waals surface area contributed by atoms with Crippen LogP contribution in [0.4, 0.5) is 5.82 Å². The highest BCUT2D eigenvalue weighted by molar-refractivity contribution is 7.89. The summed E-state index contributed by atoms with van der Waals surface area (Å²) < 4.78 is 32.0. The Balaban J connectivity index is 1.68. The summed E-state index contributed by atoms with van der Waals surface area (Å²) in [7, 11) is -3.58. The molecule has 0 unspecified atom stereocenters. The van der Waals surface area contributed by atoms with E-state index < -0.39 is 16.0 Å². The minimum atomic E-state index is -3.58. The van der Waals surface area contributed by atoms with E-state index in [0.717, 1.165) is 5.82 Å². The Labute approximate surface area is 153 Å². The third-order valence-electron chi connectivity index (χ3n) is 4.28. The number of piperazine rings is 1. The molecule has 0 bridgehead atoms. The second-order valence-electron chi connectivity index (χ2n) is 5.88. The fourth-order valence-corrected chi connectivity index (χ4v) is 4.30. The smallest absolute Gasteiger partial charge is 0.338 e. The monoisotopic (exact) mass is 376 g/mol. The van der Waals surface area contributed by atoms with Crippen LogP contribution in [0.15, 0.2) is 53.6 Å². The molecule has 2 heterocycles. The van der Waals surface area contributed by atoms with Crippen molar-refractivity contribution in [3.05, 3.63) is 54.2 Å². The van der Waals surface area contributed by atoms with Crippen molar-refractivity contribution in [1.29, 1.82) is 0 Å². The van der Waals surface area contributed by atoms with E-state index in [0.29, 0.717) is 31.7 Å². The van der Waals surface area contributed by atoms with Crippen molar-refractivity contribution in [3.8, 4) is 0 Å². The molecule has 0 aliphatic carbocycles. The zero-order chi connectivity index (χ0) is 18.6. The highest BCUT2D eigenvalue weighted by Gasteiger charge is 2.31. The molecule has 0 saturated carbocycles. The number of H-pyrrole nitrogens is 1. The van der Waals surface area contributed by atoms with Crippen LogP contribution in [0.25, 0.3) is 0 Å². The van der Waals surface area contributed by atoms with E-state index in [2.05, 4.69) is 9.88 Å². The molecule has 1 aromatic heterocycles. The van der Waals surface area contributed by atoms with Crippen molar-refractivity contribution in [2.45, 2.75) is 11.8 Å². The van der Waals surface area contributed by atoms with Crippen molar-refractivity contribution in [2.75, 3.05) is 37.7 Å². The minimum Gasteiger partial charge on any atom is -0.462 e. The molecule has 26 heavy (non-hydrogen) atoms. The molecule has 1 N–H and O–H groups in total. The number of pyridine rings is 1. The third kappa shape index (κ3) is 3.86. The minimum absolute atomic E-state index is 0.185. The molecule has 0 atom stereocenters.